The standard InChI is InChI=1S/C14H9F4NO/c15-13-8-11(14(16,17)18)7-6-10(13)9-19(20)12-4-2-1-3-5-12/h1-9H. The summed E-state index contributed by atoms with van der Waals surface area (Å²) >= 11 is 0. The molecule has 2 aromatic carbocycles. The van der Waals surface area contributed by atoms with Gasteiger partial charge in [0.05, 0.1) is 11.1 Å². The Morgan fingerprint density at radius 2 is 1.65 bits per heavy atom. The highest BCUT2D eigenvalue weighted by Gasteiger charge is 2.31. The first kappa shape index (κ1) is 14.0. The normalized spacial score (nSPS) is 12.5. The van der Waals surface area contributed by atoms with Crippen molar-refractivity contribution in [1.82, 2.24) is 0 Å². The molecule has 0 atom stereocenters. The first-order valence-corrected chi connectivity index (χ1v) is 5.61. The van der Waals surface area contributed by atoms with E-state index < -0.39 is 17.6 Å². The summed E-state index contributed by atoms with van der Waals surface area (Å²) in [4.78, 5) is 0. The lowest BCUT2D eigenvalue weighted by molar-refractivity contribution is -0.354. The maximum absolute atomic E-state index is 13.6. The van der Waals surface area contributed by atoms with E-state index in [4.69, 9.17) is 0 Å². The average Bonchev–Trinajstić information content (AvgIpc) is 2.41. The minimum atomic E-state index is -4.62. The number of hydrogen-bond donors (Lipinski definition) is 0. The predicted molar refractivity (Wildman–Crippen MR) is 66.3 cm³/mol. The second-order valence-electron chi connectivity index (χ2n) is 4.02. The lowest BCUT2D eigenvalue weighted by Gasteiger charge is -2.07. The lowest BCUT2D eigenvalue weighted by atomic mass is 10.1. The van der Waals surface area contributed by atoms with E-state index in [9.17, 15) is 22.8 Å². The third-order valence-corrected chi connectivity index (χ3v) is 2.59. The van der Waals surface area contributed by atoms with Crippen molar-refractivity contribution in [2.45, 2.75) is 6.18 Å². The molecule has 0 spiro atoms. The monoisotopic (exact) mass is 283 g/mol. The van der Waals surface area contributed by atoms with Crippen LogP contribution in [0, 0.1) is 11.0 Å². The fourth-order valence-electron chi connectivity index (χ4n) is 1.58. The van der Waals surface area contributed by atoms with Gasteiger partial charge >= 0.3 is 6.18 Å². The molecule has 0 saturated heterocycles. The number of nitrogens with zero attached hydrogens (tertiary/aromatic N) is 1. The number of hydrogen-bond acceptors (Lipinski definition) is 1. The van der Waals surface area contributed by atoms with Crippen molar-refractivity contribution in [3.8, 4) is 0 Å². The molecule has 0 N–H and O–H groups in total. The largest absolute Gasteiger partial charge is 0.618 e. The number of alkyl halides is 3. The predicted octanol–water partition coefficient (Wildman–Crippen LogP) is 4.11. The molecule has 104 valence electrons. The van der Waals surface area contributed by atoms with E-state index in [1.54, 1.807) is 18.2 Å². The molecule has 2 nitrogen and oxygen atoms in total. The number of benzene rings is 2. The van der Waals surface area contributed by atoms with Gasteiger partial charge in [-0.25, -0.2) is 4.39 Å². The average molecular weight is 283 g/mol. The van der Waals surface area contributed by atoms with Crippen LogP contribution in [-0.2, 0) is 6.18 Å². The first-order valence-electron chi connectivity index (χ1n) is 5.61. The summed E-state index contributed by atoms with van der Waals surface area (Å²) in [6.07, 6.45) is -3.72. The molecule has 0 bridgehead atoms. The summed E-state index contributed by atoms with van der Waals surface area (Å²) in [6.45, 7) is 0. The second kappa shape index (κ2) is 5.32. The van der Waals surface area contributed by atoms with Crippen molar-refractivity contribution in [1.29, 1.82) is 0 Å². The van der Waals surface area contributed by atoms with Crippen LogP contribution in [0.5, 0.6) is 0 Å². The summed E-state index contributed by atoms with van der Waals surface area (Å²) in [6, 6.07) is 9.98. The van der Waals surface area contributed by atoms with Crippen molar-refractivity contribution in [2.24, 2.45) is 0 Å². The SMILES string of the molecule is [O-][N+](=Cc1ccc(C(F)(F)F)cc1F)c1ccccc1. The van der Waals surface area contributed by atoms with Crippen LogP contribution in [0.25, 0.3) is 0 Å². The van der Waals surface area contributed by atoms with Crippen LogP contribution >= 0.6 is 0 Å². The molecule has 0 aromatic heterocycles. The Balaban J connectivity index is 2.35. The van der Waals surface area contributed by atoms with Crippen LogP contribution in [-0.4, -0.2) is 11.0 Å². The van der Waals surface area contributed by atoms with Crippen LogP contribution in [0.3, 0.4) is 0 Å². The lowest BCUT2D eigenvalue weighted by Crippen LogP contribution is -2.07. The quantitative estimate of drug-likeness (QED) is 0.268. The summed E-state index contributed by atoms with van der Waals surface area (Å²) in [5.74, 6) is -1.10. The van der Waals surface area contributed by atoms with Gasteiger partial charge in [-0.05, 0) is 18.2 Å². The molecule has 0 amide bonds. The molecule has 0 fully saturated rings. The summed E-state index contributed by atoms with van der Waals surface area (Å²) in [5, 5.41) is 11.7. The van der Waals surface area contributed by atoms with E-state index >= 15 is 0 Å². The topological polar surface area (TPSA) is 26.1 Å². The van der Waals surface area contributed by atoms with Gasteiger partial charge in [-0.3, -0.25) is 0 Å². The fourth-order valence-corrected chi connectivity index (χ4v) is 1.58. The molecule has 0 radical (unpaired) electrons. The zero-order valence-electron chi connectivity index (χ0n) is 10.1. The van der Waals surface area contributed by atoms with E-state index in [0.717, 1.165) is 18.3 Å². The molecule has 2 rings (SSSR count). The maximum Gasteiger partial charge on any atom is 0.416 e. The maximum atomic E-state index is 13.6. The van der Waals surface area contributed by atoms with Crippen molar-refractivity contribution < 1.29 is 22.3 Å². The highest BCUT2D eigenvalue weighted by atomic mass is 19.4. The molecule has 0 unspecified atom stereocenters. The van der Waals surface area contributed by atoms with Crippen LogP contribution in [0.1, 0.15) is 11.1 Å². The smallest absolute Gasteiger partial charge is 0.416 e. The number of para-hydroxylation sites is 1. The Hall–Kier alpha value is -2.37. The molecular formula is C14H9F4NO. The van der Waals surface area contributed by atoms with Crippen LogP contribution < -0.4 is 0 Å². The summed E-state index contributed by atoms with van der Waals surface area (Å²) in [7, 11) is 0. The molecule has 0 heterocycles. The molecule has 0 aliphatic rings. The third kappa shape index (κ3) is 3.14. The minimum Gasteiger partial charge on any atom is -0.618 e. The van der Waals surface area contributed by atoms with Gasteiger partial charge in [0, 0.05) is 12.1 Å². The van der Waals surface area contributed by atoms with Crippen LogP contribution in [0.4, 0.5) is 23.2 Å². The second-order valence-corrected chi connectivity index (χ2v) is 4.02. The van der Waals surface area contributed by atoms with Gasteiger partial charge in [-0.15, -0.1) is 0 Å². The Morgan fingerprint density at radius 3 is 2.20 bits per heavy atom. The molecule has 0 saturated carbocycles. The van der Waals surface area contributed by atoms with E-state index in [-0.39, 0.29) is 11.3 Å². The molecular weight excluding hydrogens is 274 g/mol. The first-order chi connectivity index (χ1) is 9.38. The van der Waals surface area contributed by atoms with Gasteiger partial charge < -0.3 is 5.21 Å². The van der Waals surface area contributed by atoms with Crippen molar-refractivity contribution in [3.63, 3.8) is 0 Å². The van der Waals surface area contributed by atoms with Crippen molar-refractivity contribution in [2.75, 3.05) is 0 Å². The van der Waals surface area contributed by atoms with Crippen molar-refractivity contribution >= 4 is 11.9 Å². The third-order valence-electron chi connectivity index (χ3n) is 2.59. The fraction of sp³-hybridized carbons (Fsp3) is 0.0714. The van der Waals surface area contributed by atoms with Gasteiger partial charge in [-0.2, -0.15) is 17.9 Å². The van der Waals surface area contributed by atoms with E-state index in [1.807, 2.05) is 0 Å². The van der Waals surface area contributed by atoms with E-state index in [0.29, 0.717) is 10.8 Å². The van der Waals surface area contributed by atoms with Gasteiger partial charge in [0.2, 0.25) is 5.69 Å². The number of halogens is 4. The highest BCUT2D eigenvalue weighted by Crippen LogP contribution is 2.30. The van der Waals surface area contributed by atoms with Crippen LogP contribution in [0.2, 0.25) is 0 Å². The highest BCUT2D eigenvalue weighted by molar-refractivity contribution is 5.77. The zero-order chi connectivity index (χ0) is 14.8. The Kier molecular flexibility index (Phi) is 3.74. The van der Waals surface area contributed by atoms with E-state index in [1.165, 1.54) is 12.1 Å². The Morgan fingerprint density at radius 1 is 1.00 bits per heavy atom. The van der Waals surface area contributed by atoms with Gasteiger partial charge in [0.15, 0.2) is 6.21 Å². The Labute approximate surface area is 112 Å². The molecule has 0 aliphatic carbocycles. The molecule has 20 heavy (non-hydrogen) atoms. The zero-order valence-corrected chi connectivity index (χ0v) is 10.1. The molecule has 0 aliphatic heterocycles. The van der Waals surface area contributed by atoms with Crippen molar-refractivity contribution in [3.05, 3.63) is 70.7 Å². The number of rotatable bonds is 2. The van der Waals surface area contributed by atoms with Gasteiger partial charge in [0.25, 0.3) is 0 Å². The molecule has 2 aromatic rings. The van der Waals surface area contributed by atoms with Gasteiger partial charge in [0.1, 0.15) is 5.82 Å². The molecule has 6 heteroatoms. The van der Waals surface area contributed by atoms with E-state index in [2.05, 4.69) is 0 Å². The summed E-state index contributed by atoms with van der Waals surface area (Å²) in [5.41, 5.74) is -1.05. The minimum absolute atomic E-state index is 0.211. The van der Waals surface area contributed by atoms with Gasteiger partial charge in [-0.1, -0.05) is 18.2 Å². The Bertz CT molecular complexity index is 635. The summed E-state index contributed by atoms with van der Waals surface area (Å²) < 4.78 is 51.1. The van der Waals surface area contributed by atoms with Crippen LogP contribution in [0.15, 0.2) is 48.5 Å².